The topological polar surface area (TPSA) is 55.4 Å². The van der Waals surface area contributed by atoms with Crippen molar-refractivity contribution in [1.29, 1.82) is 0 Å². The van der Waals surface area contributed by atoms with Gasteiger partial charge in [-0.25, -0.2) is 0 Å². The number of halogens is 1. The Morgan fingerprint density at radius 2 is 1.75 bits per heavy atom. The van der Waals surface area contributed by atoms with Crippen LogP contribution in [0.3, 0.4) is 0 Å². The van der Waals surface area contributed by atoms with Gasteiger partial charge in [-0.3, -0.25) is 9.59 Å². The summed E-state index contributed by atoms with van der Waals surface area (Å²) < 4.78 is 6.10. The number of nitrogens with one attached hydrogen (secondary N) is 1. The largest absolute Gasteiger partial charge is 0.455 e. The maximum atomic E-state index is 12.2. The Bertz CT molecular complexity index is 688. The summed E-state index contributed by atoms with van der Waals surface area (Å²) in [6, 6.07) is 17.1. The third-order valence-corrected chi connectivity index (χ3v) is 4.45. The van der Waals surface area contributed by atoms with Gasteiger partial charge in [0.25, 0.3) is 5.91 Å². The number of carbonyl (C=O) groups excluding carboxylic acids is 2. The Labute approximate surface area is 150 Å². The zero-order chi connectivity index (χ0) is 17.4. The summed E-state index contributed by atoms with van der Waals surface area (Å²) in [6.45, 7) is 2.03. The maximum absolute atomic E-state index is 12.2. The molecular formula is C19H20BrNO3. The summed E-state index contributed by atoms with van der Waals surface area (Å²) in [6.07, 6.45) is 0.626. The van der Waals surface area contributed by atoms with Crippen LogP contribution in [0.5, 0.6) is 0 Å². The van der Waals surface area contributed by atoms with Gasteiger partial charge in [0.1, 0.15) is 0 Å². The molecule has 0 spiro atoms. The Morgan fingerprint density at radius 3 is 2.42 bits per heavy atom. The molecule has 1 amide bonds. The predicted octanol–water partition coefficient (Wildman–Crippen LogP) is 3.80. The maximum Gasteiger partial charge on any atom is 0.313 e. The van der Waals surface area contributed by atoms with Gasteiger partial charge in [0.05, 0.1) is 5.92 Å². The predicted molar refractivity (Wildman–Crippen MR) is 96.4 cm³/mol. The van der Waals surface area contributed by atoms with Crippen LogP contribution < -0.4 is 5.32 Å². The van der Waals surface area contributed by atoms with E-state index in [0.717, 1.165) is 15.6 Å². The summed E-state index contributed by atoms with van der Waals surface area (Å²) in [5, 5.41) is 2.75. The Morgan fingerprint density at radius 1 is 1.08 bits per heavy atom. The lowest BCUT2D eigenvalue weighted by Crippen LogP contribution is -2.29. The number of hydrogen-bond acceptors (Lipinski definition) is 3. The monoisotopic (exact) mass is 389 g/mol. The molecule has 2 aromatic carbocycles. The Hall–Kier alpha value is -2.14. The highest BCUT2D eigenvalue weighted by atomic mass is 79.9. The molecule has 0 aromatic heterocycles. The molecular weight excluding hydrogens is 370 g/mol. The van der Waals surface area contributed by atoms with Gasteiger partial charge in [0.2, 0.25) is 0 Å². The molecule has 5 heteroatoms. The molecule has 0 heterocycles. The van der Waals surface area contributed by atoms with E-state index >= 15 is 0 Å². The van der Waals surface area contributed by atoms with Crippen LogP contribution in [0.25, 0.3) is 0 Å². The molecule has 0 aliphatic heterocycles. The van der Waals surface area contributed by atoms with E-state index in [1.54, 1.807) is 0 Å². The number of benzene rings is 2. The number of amides is 1. The van der Waals surface area contributed by atoms with Crippen LogP contribution in [-0.2, 0) is 20.9 Å². The molecule has 0 fully saturated rings. The molecule has 0 aliphatic carbocycles. The van der Waals surface area contributed by atoms with Crippen molar-refractivity contribution in [3.63, 3.8) is 0 Å². The minimum atomic E-state index is -0.375. The third kappa shape index (κ3) is 5.20. The highest BCUT2D eigenvalue weighted by molar-refractivity contribution is 9.10. The molecule has 0 bridgehead atoms. The first-order chi connectivity index (χ1) is 11.6. The lowest BCUT2D eigenvalue weighted by molar-refractivity contribution is -0.150. The fourth-order valence-corrected chi connectivity index (χ4v) is 2.77. The summed E-state index contributed by atoms with van der Waals surface area (Å²) in [4.78, 5) is 24.1. The number of rotatable bonds is 7. The van der Waals surface area contributed by atoms with Gasteiger partial charge in [0.15, 0.2) is 6.61 Å². The number of hydrogen-bond donors (Lipinski definition) is 1. The van der Waals surface area contributed by atoms with Crippen molar-refractivity contribution in [2.24, 2.45) is 0 Å². The van der Waals surface area contributed by atoms with Crippen LogP contribution in [0.15, 0.2) is 59.1 Å². The first kappa shape index (κ1) is 18.2. The zero-order valence-electron chi connectivity index (χ0n) is 13.5. The van der Waals surface area contributed by atoms with E-state index in [9.17, 15) is 9.59 Å². The number of ether oxygens (including phenoxy) is 1. The molecule has 0 saturated carbocycles. The van der Waals surface area contributed by atoms with E-state index in [1.165, 1.54) is 0 Å². The van der Waals surface area contributed by atoms with Crippen molar-refractivity contribution in [3.05, 3.63) is 70.2 Å². The minimum absolute atomic E-state index is 0.271. The summed E-state index contributed by atoms with van der Waals surface area (Å²) in [5.41, 5.74) is 1.87. The molecule has 2 aromatic rings. The first-order valence-electron chi connectivity index (χ1n) is 7.83. The number of carbonyl (C=O) groups is 2. The van der Waals surface area contributed by atoms with E-state index in [0.29, 0.717) is 13.0 Å². The standard InChI is InChI=1S/C19H20BrNO3/c1-2-16(14-8-4-3-5-9-14)19(23)24-13-18(22)21-12-15-10-6-7-11-17(15)20/h3-11,16H,2,12-13H2,1H3,(H,21,22)/t16-/m1/s1. The SMILES string of the molecule is CC[C@@H](C(=O)OCC(=O)NCc1ccccc1Br)c1ccccc1. The molecule has 0 saturated heterocycles. The van der Waals surface area contributed by atoms with E-state index in [1.807, 2.05) is 61.5 Å². The fraction of sp³-hybridized carbons (Fsp3) is 0.263. The highest BCUT2D eigenvalue weighted by Crippen LogP contribution is 2.20. The number of esters is 1. The normalized spacial score (nSPS) is 11.6. The van der Waals surface area contributed by atoms with Crippen molar-refractivity contribution < 1.29 is 14.3 Å². The second kappa shape index (κ2) is 9.23. The van der Waals surface area contributed by atoms with Gasteiger partial charge in [0, 0.05) is 11.0 Å². The van der Waals surface area contributed by atoms with Gasteiger partial charge in [-0.15, -0.1) is 0 Å². The minimum Gasteiger partial charge on any atom is -0.455 e. The summed E-state index contributed by atoms with van der Waals surface area (Å²) in [5.74, 6) is -1.04. The first-order valence-corrected chi connectivity index (χ1v) is 8.62. The average Bonchev–Trinajstić information content (AvgIpc) is 2.61. The molecule has 24 heavy (non-hydrogen) atoms. The summed E-state index contributed by atoms with van der Waals surface area (Å²) >= 11 is 3.43. The van der Waals surface area contributed by atoms with E-state index in [4.69, 9.17) is 4.74 Å². The van der Waals surface area contributed by atoms with Crippen molar-refractivity contribution in [2.75, 3.05) is 6.61 Å². The van der Waals surface area contributed by atoms with E-state index < -0.39 is 0 Å². The van der Waals surface area contributed by atoms with Crippen LogP contribution in [0, 0.1) is 0 Å². The van der Waals surface area contributed by atoms with Crippen molar-refractivity contribution >= 4 is 27.8 Å². The van der Waals surface area contributed by atoms with Gasteiger partial charge in [-0.2, -0.15) is 0 Å². The average molecular weight is 390 g/mol. The zero-order valence-corrected chi connectivity index (χ0v) is 15.1. The van der Waals surface area contributed by atoms with Gasteiger partial charge < -0.3 is 10.1 Å². The fourth-order valence-electron chi connectivity index (χ4n) is 2.35. The Kier molecular flexibility index (Phi) is 7.00. The van der Waals surface area contributed by atoms with Crippen molar-refractivity contribution in [1.82, 2.24) is 5.32 Å². The van der Waals surface area contributed by atoms with E-state index in [2.05, 4.69) is 21.2 Å². The van der Waals surface area contributed by atoms with Crippen LogP contribution in [0.1, 0.15) is 30.4 Å². The van der Waals surface area contributed by atoms with E-state index in [-0.39, 0.29) is 24.4 Å². The molecule has 126 valence electrons. The lowest BCUT2D eigenvalue weighted by Gasteiger charge is -2.14. The summed E-state index contributed by atoms with van der Waals surface area (Å²) in [7, 11) is 0. The van der Waals surface area contributed by atoms with Crippen LogP contribution in [-0.4, -0.2) is 18.5 Å². The molecule has 4 nitrogen and oxygen atoms in total. The van der Waals surface area contributed by atoms with Crippen LogP contribution >= 0.6 is 15.9 Å². The molecule has 0 radical (unpaired) electrons. The highest BCUT2D eigenvalue weighted by Gasteiger charge is 2.20. The quantitative estimate of drug-likeness (QED) is 0.732. The van der Waals surface area contributed by atoms with Crippen molar-refractivity contribution in [3.8, 4) is 0 Å². The molecule has 2 rings (SSSR count). The molecule has 0 unspecified atom stereocenters. The van der Waals surface area contributed by atoms with Gasteiger partial charge in [-0.1, -0.05) is 71.4 Å². The molecule has 1 N–H and O–H groups in total. The molecule has 0 aliphatic rings. The smallest absolute Gasteiger partial charge is 0.313 e. The van der Waals surface area contributed by atoms with Gasteiger partial charge in [-0.05, 0) is 23.6 Å². The van der Waals surface area contributed by atoms with Gasteiger partial charge >= 0.3 is 5.97 Å². The second-order valence-corrected chi connectivity index (χ2v) is 6.20. The molecule has 1 atom stereocenters. The lowest BCUT2D eigenvalue weighted by atomic mass is 9.97. The van der Waals surface area contributed by atoms with Crippen LogP contribution in [0.4, 0.5) is 0 Å². The third-order valence-electron chi connectivity index (χ3n) is 3.67. The van der Waals surface area contributed by atoms with Crippen molar-refractivity contribution in [2.45, 2.75) is 25.8 Å². The second-order valence-electron chi connectivity index (χ2n) is 5.35. The Balaban J connectivity index is 1.82. The van der Waals surface area contributed by atoms with Crippen LogP contribution in [0.2, 0.25) is 0 Å².